The van der Waals surface area contributed by atoms with Crippen LogP contribution in [-0.4, -0.2) is 27.5 Å². The predicted molar refractivity (Wildman–Crippen MR) is 139 cm³/mol. The van der Waals surface area contributed by atoms with E-state index in [1.807, 2.05) is 48.3 Å². The van der Waals surface area contributed by atoms with Crippen LogP contribution in [0.1, 0.15) is 51.0 Å². The molecule has 0 bridgehead atoms. The van der Waals surface area contributed by atoms with Gasteiger partial charge < -0.3 is 5.32 Å². The Bertz CT molecular complexity index is 1170. The Labute approximate surface area is 205 Å². The molecule has 174 valence electrons. The van der Waals surface area contributed by atoms with E-state index in [1.54, 1.807) is 10.8 Å². The summed E-state index contributed by atoms with van der Waals surface area (Å²) in [6, 6.07) is 20.4. The first-order chi connectivity index (χ1) is 16.7. The second kappa shape index (κ2) is 11.7. The molecule has 0 unspecified atom stereocenters. The average Bonchev–Trinajstić information content (AvgIpc) is 3.31. The van der Waals surface area contributed by atoms with Gasteiger partial charge in [0.05, 0.1) is 11.4 Å². The Balaban J connectivity index is 1.67. The third-order valence-corrected chi connectivity index (χ3v) is 7.19. The molecule has 1 N–H and O–H groups in total. The molecule has 0 aliphatic heterocycles. The van der Waals surface area contributed by atoms with E-state index >= 15 is 0 Å². The number of thioether (sulfide) groups is 1. The summed E-state index contributed by atoms with van der Waals surface area (Å²) in [5, 5.41) is 17.7. The van der Waals surface area contributed by atoms with Crippen LogP contribution in [0.3, 0.4) is 0 Å². The van der Waals surface area contributed by atoms with Gasteiger partial charge in [0.15, 0.2) is 0 Å². The van der Waals surface area contributed by atoms with Gasteiger partial charge in [-0.05, 0) is 55.4 Å². The molecule has 5 nitrogen and oxygen atoms in total. The molecule has 1 aromatic heterocycles. The normalized spacial score (nSPS) is 14.5. The second-order valence-electron chi connectivity index (χ2n) is 8.56. The maximum Gasteiger partial charge on any atom is 0.262 e. The first-order valence-corrected chi connectivity index (χ1v) is 13.0. The van der Waals surface area contributed by atoms with Crippen LogP contribution in [0.25, 0.3) is 23.0 Å². The van der Waals surface area contributed by atoms with Crippen molar-refractivity contribution in [2.45, 2.75) is 56.4 Å². The molecule has 0 spiro atoms. The molecular formula is C28H30N4OS. The summed E-state index contributed by atoms with van der Waals surface area (Å²) >= 11 is 1.83. The van der Waals surface area contributed by atoms with Gasteiger partial charge in [0.1, 0.15) is 11.6 Å². The summed E-state index contributed by atoms with van der Waals surface area (Å²) in [6.45, 7) is 2.17. The zero-order chi connectivity index (χ0) is 23.8. The molecule has 4 rings (SSSR count). The number of rotatable bonds is 8. The molecular weight excluding hydrogens is 440 g/mol. The number of carbonyl (C=O) groups excluding carboxylic acids is 1. The highest BCUT2D eigenvalue weighted by Crippen LogP contribution is 2.28. The fourth-order valence-corrected chi connectivity index (χ4v) is 4.94. The molecule has 6 heteroatoms. The lowest BCUT2D eigenvalue weighted by Gasteiger charge is -2.22. The van der Waals surface area contributed by atoms with Gasteiger partial charge in [-0.2, -0.15) is 10.4 Å². The predicted octanol–water partition coefficient (Wildman–Crippen LogP) is 6.40. The first kappa shape index (κ1) is 23.8. The Kier molecular flexibility index (Phi) is 8.21. The van der Waals surface area contributed by atoms with Crippen molar-refractivity contribution in [2.24, 2.45) is 0 Å². The highest BCUT2D eigenvalue weighted by atomic mass is 32.2. The van der Waals surface area contributed by atoms with Gasteiger partial charge in [0.25, 0.3) is 5.91 Å². The molecule has 0 radical (unpaired) electrons. The standard InChI is InChI=1S/C28H30N4OS/c1-2-17-34-26-15-13-21(14-16-26)27-23(20-32(31-27)25-11-7-4-8-12-25)18-22(19-29)28(33)30-24-9-5-3-6-10-24/h4,7-8,11-16,18,20,24H,2-3,5-6,9-10,17H2,1H3,(H,30,33). The van der Waals surface area contributed by atoms with E-state index in [0.29, 0.717) is 0 Å². The maximum absolute atomic E-state index is 12.9. The zero-order valence-corrected chi connectivity index (χ0v) is 20.4. The monoisotopic (exact) mass is 470 g/mol. The molecule has 0 atom stereocenters. The minimum absolute atomic E-state index is 0.106. The third-order valence-electron chi connectivity index (χ3n) is 5.97. The lowest BCUT2D eigenvalue weighted by molar-refractivity contribution is -0.117. The fourth-order valence-electron chi connectivity index (χ4n) is 4.17. The zero-order valence-electron chi connectivity index (χ0n) is 19.5. The molecule has 3 aromatic rings. The molecule has 2 aromatic carbocycles. The molecule has 1 fully saturated rings. The number of hydrogen-bond donors (Lipinski definition) is 1. The number of para-hydroxylation sites is 1. The van der Waals surface area contributed by atoms with Gasteiger partial charge in [0, 0.05) is 28.3 Å². The van der Waals surface area contributed by atoms with Crippen molar-refractivity contribution in [1.82, 2.24) is 15.1 Å². The number of nitriles is 1. The third kappa shape index (κ3) is 5.98. The summed E-state index contributed by atoms with van der Waals surface area (Å²) in [5.74, 6) is 0.775. The van der Waals surface area contributed by atoms with E-state index in [9.17, 15) is 10.1 Å². The highest BCUT2D eigenvalue weighted by Gasteiger charge is 2.19. The van der Waals surface area contributed by atoms with Crippen molar-refractivity contribution in [3.63, 3.8) is 0 Å². The van der Waals surface area contributed by atoms with E-state index in [1.165, 1.54) is 11.3 Å². The molecule has 1 aliphatic carbocycles. The molecule has 1 heterocycles. The molecule has 1 amide bonds. The Morgan fingerprint density at radius 3 is 2.56 bits per heavy atom. The molecule has 1 aliphatic rings. The minimum Gasteiger partial charge on any atom is -0.349 e. The summed E-state index contributed by atoms with van der Waals surface area (Å²) in [6.07, 6.45) is 10.1. The summed E-state index contributed by atoms with van der Waals surface area (Å²) in [5.41, 5.74) is 3.47. The number of amides is 1. The van der Waals surface area contributed by atoms with Crippen LogP contribution in [0.4, 0.5) is 0 Å². The van der Waals surface area contributed by atoms with E-state index in [4.69, 9.17) is 5.10 Å². The lowest BCUT2D eigenvalue weighted by Crippen LogP contribution is -2.36. The number of nitrogens with zero attached hydrogens (tertiary/aromatic N) is 3. The highest BCUT2D eigenvalue weighted by molar-refractivity contribution is 7.99. The van der Waals surface area contributed by atoms with Crippen LogP contribution in [-0.2, 0) is 4.79 Å². The Morgan fingerprint density at radius 2 is 1.88 bits per heavy atom. The number of hydrogen-bond acceptors (Lipinski definition) is 4. The Hall–Kier alpha value is -3.30. The van der Waals surface area contributed by atoms with Gasteiger partial charge >= 0.3 is 0 Å². The number of aromatic nitrogens is 2. The van der Waals surface area contributed by atoms with Crippen LogP contribution in [0.5, 0.6) is 0 Å². The van der Waals surface area contributed by atoms with Crippen molar-refractivity contribution < 1.29 is 4.79 Å². The largest absolute Gasteiger partial charge is 0.349 e. The smallest absolute Gasteiger partial charge is 0.262 e. The van der Waals surface area contributed by atoms with Gasteiger partial charge in [0.2, 0.25) is 0 Å². The summed E-state index contributed by atoms with van der Waals surface area (Å²) in [7, 11) is 0. The molecule has 0 saturated heterocycles. The van der Waals surface area contributed by atoms with Gasteiger partial charge in [-0.15, -0.1) is 11.8 Å². The topological polar surface area (TPSA) is 70.7 Å². The van der Waals surface area contributed by atoms with Crippen molar-refractivity contribution in [3.05, 3.63) is 71.9 Å². The van der Waals surface area contributed by atoms with Crippen molar-refractivity contribution in [1.29, 1.82) is 5.26 Å². The molecule has 34 heavy (non-hydrogen) atoms. The fraction of sp³-hybridized carbons (Fsp3) is 0.321. The van der Waals surface area contributed by atoms with Crippen LogP contribution in [0.2, 0.25) is 0 Å². The van der Waals surface area contributed by atoms with E-state index in [-0.39, 0.29) is 17.5 Å². The van der Waals surface area contributed by atoms with Gasteiger partial charge in [-0.3, -0.25) is 4.79 Å². The van der Waals surface area contributed by atoms with Crippen LogP contribution in [0, 0.1) is 11.3 Å². The summed E-state index contributed by atoms with van der Waals surface area (Å²) in [4.78, 5) is 14.1. The van der Waals surface area contributed by atoms with Crippen LogP contribution < -0.4 is 5.32 Å². The van der Waals surface area contributed by atoms with Crippen molar-refractivity contribution in [3.8, 4) is 23.0 Å². The van der Waals surface area contributed by atoms with Gasteiger partial charge in [-0.1, -0.05) is 56.5 Å². The average molecular weight is 471 g/mol. The van der Waals surface area contributed by atoms with Crippen LogP contribution >= 0.6 is 11.8 Å². The number of benzene rings is 2. The van der Waals surface area contributed by atoms with Crippen molar-refractivity contribution in [2.75, 3.05) is 5.75 Å². The lowest BCUT2D eigenvalue weighted by atomic mass is 9.95. The van der Waals surface area contributed by atoms with Crippen molar-refractivity contribution >= 4 is 23.7 Å². The van der Waals surface area contributed by atoms with Crippen LogP contribution in [0.15, 0.2) is 71.3 Å². The number of carbonyl (C=O) groups is 1. The van der Waals surface area contributed by atoms with Gasteiger partial charge in [-0.25, -0.2) is 4.68 Å². The Morgan fingerprint density at radius 1 is 1.15 bits per heavy atom. The van der Waals surface area contributed by atoms with E-state index in [0.717, 1.165) is 60.4 Å². The second-order valence-corrected chi connectivity index (χ2v) is 9.73. The van der Waals surface area contributed by atoms with E-state index < -0.39 is 0 Å². The SMILES string of the molecule is CCCSc1ccc(-c2nn(-c3ccccc3)cc2C=C(C#N)C(=O)NC2CCCCC2)cc1. The first-order valence-electron chi connectivity index (χ1n) is 12.0. The molecule has 1 saturated carbocycles. The maximum atomic E-state index is 12.9. The quantitative estimate of drug-likeness (QED) is 0.235. The number of nitrogens with one attached hydrogen (secondary N) is 1. The van der Waals surface area contributed by atoms with E-state index in [2.05, 4.69) is 42.6 Å². The summed E-state index contributed by atoms with van der Waals surface area (Å²) < 4.78 is 1.80. The minimum atomic E-state index is -0.306.